The van der Waals surface area contributed by atoms with E-state index in [-0.39, 0.29) is 28.8 Å². The van der Waals surface area contributed by atoms with Gasteiger partial charge in [0.1, 0.15) is 30.4 Å². The maximum Gasteiger partial charge on any atom is 0.253 e. The maximum absolute atomic E-state index is 13.2. The molecule has 0 aliphatic heterocycles. The molecule has 5 nitrogen and oxygen atoms in total. The lowest BCUT2D eigenvalue weighted by Gasteiger charge is -2.37. The fourth-order valence-corrected chi connectivity index (χ4v) is 5.46. The van der Waals surface area contributed by atoms with Crippen molar-refractivity contribution in [3.63, 3.8) is 0 Å². The van der Waals surface area contributed by atoms with Gasteiger partial charge in [0.25, 0.3) is 5.82 Å². The van der Waals surface area contributed by atoms with Crippen molar-refractivity contribution in [1.82, 2.24) is 4.57 Å². The summed E-state index contributed by atoms with van der Waals surface area (Å²) in [7, 11) is 1.73. The van der Waals surface area contributed by atoms with E-state index >= 15 is 0 Å². The van der Waals surface area contributed by atoms with Crippen LogP contribution in [0.4, 0.5) is 0 Å². The quantitative estimate of drug-likeness (QED) is 0.462. The monoisotopic (exact) mass is 497 g/mol. The van der Waals surface area contributed by atoms with Crippen LogP contribution < -0.4 is 27.3 Å². The van der Waals surface area contributed by atoms with Crippen LogP contribution in [0.3, 0.4) is 0 Å². The second-order valence-corrected chi connectivity index (χ2v) is 8.51. The van der Waals surface area contributed by atoms with Crippen molar-refractivity contribution in [2.45, 2.75) is 44.2 Å². The lowest BCUT2D eigenvalue weighted by Crippen LogP contribution is -3.00. The lowest BCUT2D eigenvalue weighted by atomic mass is 9.64. The number of rotatable bonds is 8. The predicted octanol–water partition coefficient (Wildman–Crippen LogP) is 0.547. The first-order valence-corrected chi connectivity index (χ1v) is 11.1. The van der Waals surface area contributed by atoms with Crippen LogP contribution in [0.5, 0.6) is 0 Å². The Labute approximate surface area is 201 Å². The number of carbonyl (C=O) groups is 1. The van der Waals surface area contributed by atoms with Crippen molar-refractivity contribution in [2.24, 2.45) is 11.7 Å². The summed E-state index contributed by atoms with van der Waals surface area (Å²) in [6, 6.07) is 20.5. The second kappa shape index (κ2) is 10.5. The summed E-state index contributed by atoms with van der Waals surface area (Å²) >= 11 is 0. The SMILES string of the molecule is COCC[n+]1ccn([C@H]2CC[C@H](C(C(N)=O)(c3ccccc3)c3ccccc3)C2)c1C.[Br-]. The molecule has 0 saturated heterocycles. The van der Waals surface area contributed by atoms with Crippen molar-refractivity contribution in [2.75, 3.05) is 13.7 Å². The molecule has 1 amide bonds. The molecule has 1 aliphatic rings. The number of halogens is 1. The molecule has 1 fully saturated rings. The van der Waals surface area contributed by atoms with Gasteiger partial charge in [0.2, 0.25) is 5.91 Å². The first kappa shape index (κ1) is 24.2. The Bertz CT molecular complexity index is 981. The zero-order chi connectivity index (χ0) is 21.8. The molecule has 1 heterocycles. The number of hydrogen-bond donors (Lipinski definition) is 1. The summed E-state index contributed by atoms with van der Waals surface area (Å²) in [5, 5.41) is 0. The summed E-state index contributed by atoms with van der Waals surface area (Å²) in [6.07, 6.45) is 7.17. The van der Waals surface area contributed by atoms with E-state index in [2.05, 4.69) is 28.5 Å². The van der Waals surface area contributed by atoms with Gasteiger partial charge in [0.05, 0.1) is 6.61 Å². The van der Waals surface area contributed by atoms with Crippen molar-refractivity contribution in [1.29, 1.82) is 0 Å². The number of aromatic nitrogens is 2. The summed E-state index contributed by atoms with van der Waals surface area (Å²) in [6.45, 7) is 3.68. The lowest BCUT2D eigenvalue weighted by molar-refractivity contribution is -0.703. The van der Waals surface area contributed by atoms with E-state index in [0.29, 0.717) is 12.6 Å². The van der Waals surface area contributed by atoms with E-state index in [0.717, 1.165) is 36.9 Å². The number of methoxy groups -OCH3 is 1. The van der Waals surface area contributed by atoms with Gasteiger partial charge < -0.3 is 27.5 Å². The maximum atomic E-state index is 13.2. The molecule has 2 aromatic carbocycles. The van der Waals surface area contributed by atoms with Crippen LogP contribution in [0.1, 0.15) is 42.3 Å². The Morgan fingerprint density at radius 2 is 1.69 bits per heavy atom. The van der Waals surface area contributed by atoms with Gasteiger partial charge in [-0.3, -0.25) is 4.79 Å². The highest BCUT2D eigenvalue weighted by atomic mass is 79.9. The number of hydrogen-bond acceptors (Lipinski definition) is 2. The number of primary amides is 1. The molecule has 1 aromatic heterocycles. The number of benzene rings is 2. The highest BCUT2D eigenvalue weighted by Crippen LogP contribution is 2.49. The fourth-order valence-electron chi connectivity index (χ4n) is 5.46. The molecule has 4 rings (SSSR count). The van der Waals surface area contributed by atoms with Gasteiger partial charge in [-0.1, -0.05) is 60.7 Å². The Balaban J connectivity index is 0.00000289. The standard InChI is InChI=1S/C26H31N3O2.BrH/c1-20-28(17-18-31-2)15-16-29(20)24-14-13-23(19-24)26(25(27)30,21-9-5-3-6-10-21)22-11-7-4-8-12-22;/h3-12,15-16,23-24H,13-14,17-19H2,1-2H3,(H-,27,30);1H/t23-,24-;/m0./s1. The van der Waals surface area contributed by atoms with Crippen LogP contribution in [0.25, 0.3) is 0 Å². The third-order valence-corrected chi connectivity index (χ3v) is 6.99. The van der Waals surface area contributed by atoms with Gasteiger partial charge in [0, 0.05) is 14.0 Å². The highest BCUT2D eigenvalue weighted by molar-refractivity contribution is 5.91. The zero-order valence-electron chi connectivity index (χ0n) is 18.8. The minimum absolute atomic E-state index is 0. The summed E-state index contributed by atoms with van der Waals surface area (Å²) < 4.78 is 9.83. The van der Waals surface area contributed by atoms with Gasteiger partial charge in [-0.25, -0.2) is 9.13 Å². The normalized spacial score (nSPS) is 18.3. The van der Waals surface area contributed by atoms with Crippen molar-refractivity contribution in [3.8, 4) is 0 Å². The van der Waals surface area contributed by atoms with Gasteiger partial charge in [-0.2, -0.15) is 0 Å². The number of amides is 1. The van der Waals surface area contributed by atoms with Gasteiger partial charge in [0.15, 0.2) is 0 Å². The number of ether oxygens (including phenoxy) is 1. The molecule has 0 bridgehead atoms. The third-order valence-electron chi connectivity index (χ3n) is 6.99. The molecule has 2 atom stereocenters. The smallest absolute Gasteiger partial charge is 0.253 e. The Morgan fingerprint density at radius 1 is 1.09 bits per heavy atom. The largest absolute Gasteiger partial charge is 1.00 e. The van der Waals surface area contributed by atoms with Crippen LogP contribution in [0, 0.1) is 12.8 Å². The first-order chi connectivity index (χ1) is 15.1. The number of carbonyl (C=O) groups excluding carboxylic acids is 1. The minimum atomic E-state index is -0.829. The number of imidazole rings is 1. The first-order valence-electron chi connectivity index (χ1n) is 11.1. The fraction of sp³-hybridized carbons (Fsp3) is 0.385. The Hall–Kier alpha value is -2.44. The average Bonchev–Trinajstić information content (AvgIpc) is 3.41. The summed E-state index contributed by atoms with van der Waals surface area (Å²) in [4.78, 5) is 13.2. The van der Waals surface area contributed by atoms with Crippen LogP contribution in [-0.4, -0.2) is 24.2 Å². The molecule has 6 heteroatoms. The van der Waals surface area contributed by atoms with Crippen molar-refractivity contribution < 1.29 is 31.1 Å². The molecule has 0 radical (unpaired) electrons. The van der Waals surface area contributed by atoms with Crippen LogP contribution in [-0.2, 0) is 21.5 Å². The van der Waals surface area contributed by atoms with Crippen LogP contribution >= 0.6 is 0 Å². The third kappa shape index (κ3) is 4.26. The summed E-state index contributed by atoms with van der Waals surface area (Å²) in [5.41, 5.74) is 7.37. The molecule has 1 aliphatic carbocycles. The number of nitrogens with zero attached hydrogens (tertiary/aromatic N) is 2. The Morgan fingerprint density at radius 3 is 2.22 bits per heavy atom. The van der Waals surface area contributed by atoms with Crippen molar-refractivity contribution in [3.05, 3.63) is 90.0 Å². The average molecular weight is 498 g/mol. The predicted molar refractivity (Wildman–Crippen MR) is 120 cm³/mol. The molecule has 2 N–H and O–H groups in total. The van der Waals surface area contributed by atoms with E-state index in [4.69, 9.17) is 10.5 Å². The molecule has 1 saturated carbocycles. The van der Waals surface area contributed by atoms with Crippen LogP contribution in [0.2, 0.25) is 0 Å². The molecule has 170 valence electrons. The summed E-state index contributed by atoms with van der Waals surface area (Å²) in [5.74, 6) is 1.08. The van der Waals surface area contributed by atoms with E-state index in [1.54, 1.807) is 7.11 Å². The molecule has 32 heavy (non-hydrogen) atoms. The molecule has 0 spiro atoms. The molecular formula is C26H32BrN3O2. The molecule has 3 aromatic rings. The van der Waals surface area contributed by atoms with Gasteiger partial charge >= 0.3 is 0 Å². The second-order valence-electron chi connectivity index (χ2n) is 8.51. The zero-order valence-corrected chi connectivity index (χ0v) is 20.4. The van der Waals surface area contributed by atoms with E-state index in [1.165, 1.54) is 5.82 Å². The van der Waals surface area contributed by atoms with E-state index < -0.39 is 5.41 Å². The van der Waals surface area contributed by atoms with Gasteiger partial charge in [-0.15, -0.1) is 0 Å². The molecular weight excluding hydrogens is 466 g/mol. The minimum Gasteiger partial charge on any atom is -1.00 e. The number of nitrogens with two attached hydrogens (primary N) is 1. The van der Waals surface area contributed by atoms with E-state index in [1.807, 2.05) is 60.7 Å². The van der Waals surface area contributed by atoms with E-state index in [9.17, 15) is 4.79 Å². The molecule has 0 unspecified atom stereocenters. The van der Waals surface area contributed by atoms with Crippen LogP contribution in [0.15, 0.2) is 73.1 Å². The Kier molecular flexibility index (Phi) is 7.91. The van der Waals surface area contributed by atoms with Gasteiger partial charge in [-0.05, 0) is 36.3 Å². The topological polar surface area (TPSA) is 61.1 Å². The van der Waals surface area contributed by atoms with Crippen molar-refractivity contribution >= 4 is 5.91 Å². The highest BCUT2D eigenvalue weighted by Gasteiger charge is 2.51.